The summed E-state index contributed by atoms with van der Waals surface area (Å²) in [6.07, 6.45) is 5.52. The summed E-state index contributed by atoms with van der Waals surface area (Å²) in [5, 5.41) is 12.3. The lowest BCUT2D eigenvalue weighted by atomic mass is 9.99. The molecule has 1 aromatic carbocycles. The highest BCUT2D eigenvalue weighted by Crippen LogP contribution is 2.72. The number of unbranched alkanes of at least 4 members (excludes halogenated alkanes) is 2. The average Bonchev–Trinajstić information content (AvgIpc) is 2.80. The van der Waals surface area contributed by atoms with Gasteiger partial charge in [-0.3, -0.25) is 0 Å². The van der Waals surface area contributed by atoms with Gasteiger partial charge in [0.15, 0.2) is 0 Å². The topological polar surface area (TPSA) is 25.2 Å². The number of aliphatic hydroxyl groups is 1. The molecule has 0 aliphatic heterocycles. The molecule has 1 aromatic heterocycles. The predicted octanol–water partition coefficient (Wildman–Crippen LogP) is 5.55. The minimum Gasteiger partial charge on any atom is -0.388 e. The van der Waals surface area contributed by atoms with E-state index in [9.17, 15) is 5.11 Å². The van der Waals surface area contributed by atoms with E-state index < -0.39 is 0 Å². The van der Waals surface area contributed by atoms with Gasteiger partial charge in [-0.25, -0.2) is 0 Å². The zero-order chi connectivity index (χ0) is 16.8. The van der Waals surface area contributed by atoms with Crippen molar-refractivity contribution in [1.29, 1.82) is 0 Å². The van der Waals surface area contributed by atoms with Crippen molar-refractivity contribution in [2.45, 2.75) is 66.5 Å². The van der Waals surface area contributed by atoms with Crippen molar-refractivity contribution in [2.24, 2.45) is 16.7 Å². The molecule has 2 aromatic rings. The molecule has 1 N–H and O–H groups in total. The lowest BCUT2D eigenvalue weighted by Crippen LogP contribution is -2.05. The maximum absolute atomic E-state index is 11.1. The molecule has 126 valence electrons. The van der Waals surface area contributed by atoms with Gasteiger partial charge >= 0.3 is 0 Å². The van der Waals surface area contributed by atoms with E-state index in [1.165, 1.54) is 30.2 Å². The molecule has 0 spiro atoms. The molecule has 3 rings (SSSR count). The van der Waals surface area contributed by atoms with Gasteiger partial charge in [-0.1, -0.05) is 65.7 Å². The highest BCUT2D eigenvalue weighted by molar-refractivity contribution is 5.84. The maximum atomic E-state index is 11.1. The second-order valence-electron chi connectivity index (χ2n) is 8.37. The predicted molar refractivity (Wildman–Crippen MR) is 97.5 cm³/mol. The van der Waals surface area contributed by atoms with Gasteiger partial charge in [-0.05, 0) is 23.3 Å². The van der Waals surface area contributed by atoms with Crippen LogP contribution >= 0.6 is 0 Å². The van der Waals surface area contributed by atoms with Crippen molar-refractivity contribution < 1.29 is 5.11 Å². The Kier molecular flexibility index (Phi) is 4.08. The smallest absolute Gasteiger partial charge is 0.0849 e. The number of para-hydroxylation sites is 1. The highest BCUT2D eigenvalue weighted by atomic mass is 16.3. The molecule has 1 unspecified atom stereocenters. The number of benzene rings is 1. The molecular formula is C21H31NO. The number of aryl methyl sites for hydroxylation is 1. The van der Waals surface area contributed by atoms with Gasteiger partial charge in [-0.15, -0.1) is 0 Å². The molecule has 1 fully saturated rings. The van der Waals surface area contributed by atoms with Gasteiger partial charge in [0.05, 0.1) is 6.10 Å². The normalized spacial score (nSPS) is 20.8. The molecule has 1 saturated carbocycles. The number of aromatic nitrogens is 1. The van der Waals surface area contributed by atoms with Crippen LogP contribution in [0.3, 0.4) is 0 Å². The Morgan fingerprint density at radius 1 is 1.09 bits per heavy atom. The molecule has 2 heteroatoms. The number of aliphatic hydroxyl groups excluding tert-OH is 1. The third-order valence-corrected chi connectivity index (χ3v) is 6.59. The molecule has 0 bridgehead atoms. The molecule has 1 aliphatic rings. The van der Waals surface area contributed by atoms with Crippen molar-refractivity contribution in [2.75, 3.05) is 0 Å². The minimum atomic E-state index is -0.377. The summed E-state index contributed by atoms with van der Waals surface area (Å²) >= 11 is 0. The van der Waals surface area contributed by atoms with E-state index in [1.54, 1.807) is 0 Å². The van der Waals surface area contributed by atoms with E-state index in [1.807, 2.05) is 0 Å². The van der Waals surface area contributed by atoms with Crippen molar-refractivity contribution >= 4 is 10.9 Å². The second-order valence-corrected chi connectivity index (χ2v) is 8.37. The Morgan fingerprint density at radius 2 is 1.74 bits per heavy atom. The van der Waals surface area contributed by atoms with E-state index in [2.05, 4.69) is 69.6 Å². The first-order valence-electron chi connectivity index (χ1n) is 9.08. The van der Waals surface area contributed by atoms with E-state index in [0.717, 1.165) is 12.1 Å². The van der Waals surface area contributed by atoms with Crippen LogP contribution in [0.2, 0.25) is 0 Å². The Bertz CT molecular complexity index is 681. The van der Waals surface area contributed by atoms with Crippen LogP contribution in [0.15, 0.2) is 30.5 Å². The van der Waals surface area contributed by atoms with E-state index in [0.29, 0.717) is 5.92 Å². The summed E-state index contributed by atoms with van der Waals surface area (Å²) in [5.74, 6) is 0.324. The zero-order valence-corrected chi connectivity index (χ0v) is 15.3. The van der Waals surface area contributed by atoms with Crippen molar-refractivity contribution in [3.05, 3.63) is 36.0 Å². The van der Waals surface area contributed by atoms with Crippen LogP contribution in [0, 0.1) is 16.7 Å². The fourth-order valence-electron chi connectivity index (χ4n) is 4.44. The molecular weight excluding hydrogens is 282 g/mol. The van der Waals surface area contributed by atoms with E-state index in [-0.39, 0.29) is 16.9 Å². The lowest BCUT2D eigenvalue weighted by Gasteiger charge is -2.12. The summed E-state index contributed by atoms with van der Waals surface area (Å²) in [6.45, 7) is 12.4. The first-order valence-corrected chi connectivity index (χ1v) is 9.08. The first-order chi connectivity index (χ1) is 10.8. The van der Waals surface area contributed by atoms with Crippen LogP contribution in [0.1, 0.15) is 65.5 Å². The van der Waals surface area contributed by atoms with Gasteiger partial charge in [-0.2, -0.15) is 0 Å². The van der Waals surface area contributed by atoms with Gasteiger partial charge < -0.3 is 9.67 Å². The van der Waals surface area contributed by atoms with Crippen molar-refractivity contribution in [3.63, 3.8) is 0 Å². The van der Waals surface area contributed by atoms with Crippen LogP contribution in [-0.2, 0) is 6.54 Å². The molecule has 2 nitrogen and oxygen atoms in total. The van der Waals surface area contributed by atoms with Crippen molar-refractivity contribution in [3.8, 4) is 0 Å². The Labute approximate surface area is 140 Å². The van der Waals surface area contributed by atoms with Crippen LogP contribution in [0.25, 0.3) is 10.9 Å². The zero-order valence-electron chi connectivity index (χ0n) is 15.3. The maximum Gasteiger partial charge on any atom is 0.0849 e. The molecule has 0 amide bonds. The Balaban J connectivity index is 1.95. The number of nitrogens with zero attached hydrogens (tertiary/aromatic N) is 1. The van der Waals surface area contributed by atoms with Gasteiger partial charge in [0.25, 0.3) is 0 Å². The molecule has 1 heterocycles. The van der Waals surface area contributed by atoms with Gasteiger partial charge in [0.2, 0.25) is 0 Å². The first kappa shape index (κ1) is 16.6. The standard InChI is InChI=1S/C21H31NO/c1-6-7-10-13-22-14-16(15-11-8-9-12-17(15)22)18(23)19-20(2,3)21(19,4)5/h8-9,11-12,14,18-19,23H,6-7,10,13H2,1-5H3. The van der Waals surface area contributed by atoms with Gasteiger partial charge in [0, 0.05) is 35.1 Å². The fraction of sp³-hybridized carbons (Fsp3) is 0.619. The SMILES string of the molecule is CCCCCn1cc(C(O)C2C(C)(C)C2(C)C)c2ccccc21. The second kappa shape index (κ2) is 5.66. The Morgan fingerprint density at radius 3 is 2.35 bits per heavy atom. The van der Waals surface area contributed by atoms with Crippen LogP contribution in [-0.4, -0.2) is 9.67 Å². The number of rotatable bonds is 6. The van der Waals surface area contributed by atoms with E-state index >= 15 is 0 Å². The summed E-state index contributed by atoms with van der Waals surface area (Å²) in [4.78, 5) is 0. The monoisotopic (exact) mass is 313 g/mol. The third kappa shape index (κ3) is 2.52. The van der Waals surface area contributed by atoms with Gasteiger partial charge in [0.1, 0.15) is 0 Å². The molecule has 0 saturated heterocycles. The summed E-state index contributed by atoms with van der Waals surface area (Å²) < 4.78 is 2.34. The lowest BCUT2D eigenvalue weighted by molar-refractivity contribution is 0.132. The van der Waals surface area contributed by atoms with Crippen LogP contribution in [0.4, 0.5) is 0 Å². The molecule has 0 radical (unpaired) electrons. The van der Waals surface area contributed by atoms with Crippen LogP contribution in [0.5, 0.6) is 0 Å². The number of hydrogen-bond donors (Lipinski definition) is 1. The average molecular weight is 313 g/mol. The molecule has 1 atom stereocenters. The minimum absolute atomic E-state index is 0.192. The quantitative estimate of drug-likeness (QED) is 0.695. The summed E-state index contributed by atoms with van der Waals surface area (Å²) in [7, 11) is 0. The molecule has 1 aliphatic carbocycles. The summed E-state index contributed by atoms with van der Waals surface area (Å²) in [5.41, 5.74) is 2.75. The molecule has 23 heavy (non-hydrogen) atoms. The number of hydrogen-bond acceptors (Lipinski definition) is 1. The largest absolute Gasteiger partial charge is 0.388 e. The number of fused-ring (bicyclic) bond motifs is 1. The highest BCUT2D eigenvalue weighted by Gasteiger charge is 2.67. The fourth-order valence-corrected chi connectivity index (χ4v) is 4.44. The third-order valence-electron chi connectivity index (χ3n) is 6.59. The Hall–Kier alpha value is -1.28. The van der Waals surface area contributed by atoms with Crippen LogP contribution < -0.4 is 0 Å². The van der Waals surface area contributed by atoms with Crippen molar-refractivity contribution in [1.82, 2.24) is 4.57 Å². The summed E-state index contributed by atoms with van der Waals surface area (Å²) in [6, 6.07) is 8.52. The van der Waals surface area contributed by atoms with E-state index in [4.69, 9.17) is 0 Å².